The van der Waals surface area contributed by atoms with E-state index in [1.807, 2.05) is 48.6 Å². The first-order valence-corrected chi connectivity index (χ1v) is 11.4. The Bertz CT molecular complexity index is 1140. The van der Waals surface area contributed by atoms with Crippen molar-refractivity contribution in [2.75, 3.05) is 19.8 Å². The van der Waals surface area contributed by atoms with E-state index in [1.165, 1.54) is 0 Å². The SMILES string of the molecule is C[C@H](O)c1nccn1C(/C=C/c1ccc(-c2ccc(O[C@@H]3COC[C@H]3OC(F)(F)F)cc2)cc1)CO. The highest BCUT2D eigenvalue weighted by atomic mass is 19.4. The van der Waals surface area contributed by atoms with Crippen LogP contribution in [-0.4, -0.2) is 58.2 Å². The van der Waals surface area contributed by atoms with Crippen LogP contribution < -0.4 is 4.74 Å². The van der Waals surface area contributed by atoms with Crippen molar-refractivity contribution in [3.05, 3.63) is 78.4 Å². The van der Waals surface area contributed by atoms with Gasteiger partial charge in [0.15, 0.2) is 6.10 Å². The molecule has 10 heteroatoms. The zero-order valence-electron chi connectivity index (χ0n) is 19.5. The van der Waals surface area contributed by atoms with E-state index in [1.54, 1.807) is 36.0 Å². The van der Waals surface area contributed by atoms with Gasteiger partial charge in [0.2, 0.25) is 0 Å². The molecular weight excluding hydrogens is 477 g/mol. The second-order valence-electron chi connectivity index (χ2n) is 8.42. The van der Waals surface area contributed by atoms with Crippen molar-refractivity contribution < 1.29 is 37.6 Å². The molecule has 0 spiro atoms. The number of benzene rings is 2. The minimum absolute atomic E-state index is 0.0236. The van der Waals surface area contributed by atoms with Gasteiger partial charge in [0.05, 0.1) is 25.9 Å². The number of imidazole rings is 1. The van der Waals surface area contributed by atoms with E-state index in [-0.39, 0.29) is 25.9 Å². The molecule has 1 aromatic heterocycles. The highest BCUT2D eigenvalue weighted by Gasteiger charge is 2.41. The van der Waals surface area contributed by atoms with Crippen molar-refractivity contribution >= 4 is 6.08 Å². The predicted octanol–water partition coefficient (Wildman–Crippen LogP) is 4.53. The Morgan fingerprint density at radius 3 is 2.33 bits per heavy atom. The molecule has 1 aliphatic rings. The summed E-state index contributed by atoms with van der Waals surface area (Å²) in [5.41, 5.74) is 2.79. The van der Waals surface area contributed by atoms with E-state index >= 15 is 0 Å². The van der Waals surface area contributed by atoms with E-state index in [0.29, 0.717) is 11.6 Å². The van der Waals surface area contributed by atoms with Crippen molar-refractivity contribution in [2.45, 2.75) is 37.6 Å². The molecule has 3 aromatic rings. The number of alkyl halides is 3. The molecule has 0 amide bonds. The third kappa shape index (κ3) is 6.52. The number of hydrogen-bond acceptors (Lipinski definition) is 6. The average Bonchev–Trinajstić information content (AvgIpc) is 3.50. The molecular formula is C26H27F3N2O5. The minimum Gasteiger partial charge on any atom is -0.485 e. The van der Waals surface area contributed by atoms with Gasteiger partial charge in [-0.3, -0.25) is 4.74 Å². The Balaban J connectivity index is 1.39. The molecule has 1 unspecified atom stereocenters. The summed E-state index contributed by atoms with van der Waals surface area (Å²) >= 11 is 0. The van der Waals surface area contributed by atoms with Crippen LogP contribution in [0, 0.1) is 0 Å². The summed E-state index contributed by atoms with van der Waals surface area (Å²) in [6, 6.07) is 14.4. The maximum Gasteiger partial charge on any atom is 0.522 e. The molecule has 0 aliphatic carbocycles. The molecule has 1 fully saturated rings. The second-order valence-corrected chi connectivity index (χ2v) is 8.42. The van der Waals surface area contributed by atoms with Gasteiger partial charge in [0.1, 0.15) is 23.8 Å². The molecule has 4 rings (SSSR count). The fourth-order valence-corrected chi connectivity index (χ4v) is 3.99. The minimum atomic E-state index is -4.75. The number of aliphatic hydroxyl groups excluding tert-OH is 2. The van der Waals surface area contributed by atoms with Crippen LogP contribution in [0.5, 0.6) is 5.75 Å². The van der Waals surface area contributed by atoms with Crippen molar-refractivity contribution in [3.63, 3.8) is 0 Å². The van der Waals surface area contributed by atoms with E-state index in [9.17, 15) is 23.4 Å². The molecule has 36 heavy (non-hydrogen) atoms. The lowest BCUT2D eigenvalue weighted by Gasteiger charge is -2.21. The largest absolute Gasteiger partial charge is 0.522 e. The third-order valence-corrected chi connectivity index (χ3v) is 5.78. The number of nitrogens with zero attached hydrogens (tertiary/aromatic N) is 2. The van der Waals surface area contributed by atoms with Crippen LogP contribution in [0.15, 0.2) is 67.0 Å². The topological polar surface area (TPSA) is 86.0 Å². The Kier molecular flexibility index (Phi) is 8.10. The van der Waals surface area contributed by atoms with Gasteiger partial charge in [-0.2, -0.15) is 0 Å². The van der Waals surface area contributed by atoms with Gasteiger partial charge in [0.25, 0.3) is 0 Å². The van der Waals surface area contributed by atoms with Gasteiger partial charge in [0, 0.05) is 12.4 Å². The van der Waals surface area contributed by atoms with E-state index in [0.717, 1.165) is 16.7 Å². The Morgan fingerprint density at radius 2 is 1.72 bits per heavy atom. The molecule has 0 saturated carbocycles. The Labute approximate surface area is 206 Å². The fraction of sp³-hybridized carbons (Fsp3) is 0.346. The molecule has 4 atom stereocenters. The summed E-state index contributed by atoms with van der Waals surface area (Å²) in [6.45, 7) is 1.33. The van der Waals surface area contributed by atoms with Crippen LogP contribution in [0.25, 0.3) is 17.2 Å². The molecule has 2 aromatic carbocycles. The number of rotatable bonds is 9. The molecule has 7 nitrogen and oxygen atoms in total. The highest BCUT2D eigenvalue weighted by Crippen LogP contribution is 2.28. The molecule has 2 N–H and O–H groups in total. The Hall–Kier alpha value is -3.18. The molecule has 192 valence electrons. The summed E-state index contributed by atoms with van der Waals surface area (Å²) in [6.07, 6.45) is -0.515. The third-order valence-electron chi connectivity index (χ3n) is 5.78. The normalized spacial score (nSPS) is 20.1. The number of halogens is 3. The maximum absolute atomic E-state index is 12.5. The first-order valence-electron chi connectivity index (χ1n) is 11.4. The number of aliphatic hydroxyl groups is 2. The van der Waals surface area contributed by atoms with E-state index < -0.39 is 24.7 Å². The monoisotopic (exact) mass is 504 g/mol. The first kappa shape index (κ1) is 25.9. The Morgan fingerprint density at radius 1 is 1.08 bits per heavy atom. The van der Waals surface area contributed by atoms with Gasteiger partial charge >= 0.3 is 6.36 Å². The number of hydrogen-bond donors (Lipinski definition) is 2. The summed E-state index contributed by atoms with van der Waals surface area (Å²) < 4.78 is 54.2. The quantitative estimate of drug-likeness (QED) is 0.445. The fourth-order valence-electron chi connectivity index (χ4n) is 3.99. The second kappa shape index (κ2) is 11.3. The van der Waals surface area contributed by atoms with Crippen LogP contribution >= 0.6 is 0 Å². The highest BCUT2D eigenvalue weighted by molar-refractivity contribution is 5.66. The predicted molar refractivity (Wildman–Crippen MR) is 126 cm³/mol. The van der Waals surface area contributed by atoms with Crippen LogP contribution in [-0.2, 0) is 9.47 Å². The molecule has 0 radical (unpaired) electrons. The zero-order chi connectivity index (χ0) is 25.7. The van der Waals surface area contributed by atoms with Crippen LogP contribution in [0.3, 0.4) is 0 Å². The smallest absolute Gasteiger partial charge is 0.485 e. The summed E-state index contributed by atoms with van der Waals surface area (Å²) in [5.74, 6) is 0.904. The van der Waals surface area contributed by atoms with Crippen molar-refractivity contribution in [1.82, 2.24) is 9.55 Å². The lowest BCUT2D eigenvalue weighted by Crippen LogP contribution is -2.36. The summed E-state index contributed by atoms with van der Waals surface area (Å²) in [7, 11) is 0. The zero-order valence-corrected chi connectivity index (χ0v) is 19.5. The lowest BCUT2D eigenvalue weighted by atomic mass is 10.0. The van der Waals surface area contributed by atoms with Gasteiger partial charge in [-0.05, 0) is 35.7 Å². The van der Waals surface area contributed by atoms with Gasteiger partial charge in [-0.15, -0.1) is 13.2 Å². The first-order chi connectivity index (χ1) is 17.2. The lowest BCUT2D eigenvalue weighted by molar-refractivity contribution is -0.346. The summed E-state index contributed by atoms with van der Waals surface area (Å²) in [5, 5.41) is 19.6. The van der Waals surface area contributed by atoms with Crippen molar-refractivity contribution in [2.24, 2.45) is 0 Å². The number of aromatic nitrogens is 2. The van der Waals surface area contributed by atoms with Crippen molar-refractivity contribution in [3.8, 4) is 16.9 Å². The van der Waals surface area contributed by atoms with E-state index in [2.05, 4.69) is 9.72 Å². The van der Waals surface area contributed by atoms with Gasteiger partial charge in [-0.25, -0.2) is 4.98 Å². The molecule has 1 saturated heterocycles. The standard InChI is InChI=1S/C26H27F3N2O5/c1-17(33)25-30-12-13-31(25)21(14-32)9-4-18-2-5-19(6-3-18)20-7-10-22(11-8-20)35-23-15-34-16-24(23)36-26(27,28)29/h2-13,17,21,23-24,32-33H,14-16H2,1H3/b9-4+/t17-,21?,23+,24+/m0/s1. The maximum atomic E-state index is 12.5. The van der Waals surface area contributed by atoms with Crippen LogP contribution in [0.4, 0.5) is 13.2 Å². The molecule has 2 heterocycles. The summed E-state index contributed by atoms with van der Waals surface area (Å²) in [4.78, 5) is 4.14. The van der Waals surface area contributed by atoms with E-state index in [4.69, 9.17) is 9.47 Å². The molecule has 1 aliphatic heterocycles. The van der Waals surface area contributed by atoms with Crippen molar-refractivity contribution in [1.29, 1.82) is 0 Å². The van der Waals surface area contributed by atoms with Gasteiger partial charge in [-0.1, -0.05) is 48.6 Å². The van der Waals surface area contributed by atoms with Crippen LogP contribution in [0.2, 0.25) is 0 Å². The average molecular weight is 505 g/mol. The van der Waals surface area contributed by atoms with Gasteiger partial charge < -0.3 is 24.3 Å². The van der Waals surface area contributed by atoms with Crippen LogP contribution in [0.1, 0.15) is 30.5 Å². The molecule has 0 bridgehead atoms. The number of ether oxygens (including phenoxy) is 3.